The van der Waals surface area contributed by atoms with Crippen LogP contribution in [-0.4, -0.2) is 52.0 Å². The minimum Gasteiger partial charge on any atom is -0.377 e. The normalized spacial score (nSPS) is 13.2. The highest BCUT2D eigenvalue weighted by atomic mass is 16.5. The number of hydrogen-bond donors (Lipinski definition) is 0. The van der Waals surface area contributed by atoms with Crippen LogP contribution in [0.25, 0.3) is 0 Å². The van der Waals surface area contributed by atoms with Crippen LogP contribution in [0.1, 0.15) is 41.0 Å². The van der Waals surface area contributed by atoms with Crippen LogP contribution in [-0.2, 0) is 29.2 Å². The number of hydrogen-bond acceptors (Lipinski definition) is 6. The molecule has 3 rings (SSSR count). The number of rotatable bonds is 8. The molecule has 0 saturated heterocycles. The maximum absolute atomic E-state index is 12.5. The lowest BCUT2D eigenvalue weighted by atomic mass is 10.1. The molecule has 1 aliphatic rings. The van der Waals surface area contributed by atoms with E-state index in [9.17, 15) is 9.59 Å². The van der Waals surface area contributed by atoms with Crippen molar-refractivity contribution in [1.82, 2.24) is 19.9 Å². The monoisotopic (exact) mass is 358 g/mol. The lowest BCUT2D eigenvalue weighted by Crippen LogP contribution is -2.34. The number of fused-ring (bicyclic) bond motifs is 1. The molecule has 0 spiro atoms. The number of nitrogens with zero attached hydrogens (tertiary/aromatic N) is 4. The quantitative estimate of drug-likeness (QED) is 0.712. The van der Waals surface area contributed by atoms with Gasteiger partial charge < -0.3 is 19.1 Å². The number of benzene rings is 1. The molecule has 8 heteroatoms. The van der Waals surface area contributed by atoms with Crippen molar-refractivity contribution in [2.75, 3.05) is 20.2 Å². The highest BCUT2D eigenvalue weighted by Crippen LogP contribution is 2.22. The van der Waals surface area contributed by atoms with Gasteiger partial charge in [0.05, 0.1) is 6.54 Å². The largest absolute Gasteiger partial charge is 0.377 e. The van der Waals surface area contributed by atoms with Crippen LogP contribution in [0.3, 0.4) is 0 Å². The summed E-state index contributed by atoms with van der Waals surface area (Å²) in [6.45, 7) is 3.87. The molecule has 0 aliphatic carbocycles. The van der Waals surface area contributed by atoms with Gasteiger partial charge in [0.1, 0.15) is 6.61 Å². The number of ether oxygens (including phenoxy) is 1. The number of amides is 2. The van der Waals surface area contributed by atoms with E-state index in [4.69, 9.17) is 9.26 Å². The maximum Gasteiger partial charge on any atom is 0.254 e. The van der Waals surface area contributed by atoms with E-state index in [0.29, 0.717) is 31.3 Å². The molecule has 2 amide bonds. The Morgan fingerprint density at radius 1 is 1.38 bits per heavy atom. The fourth-order valence-corrected chi connectivity index (χ4v) is 2.97. The fourth-order valence-electron chi connectivity index (χ4n) is 2.97. The average molecular weight is 358 g/mol. The summed E-state index contributed by atoms with van der Waals surface area (Å²) in [5, 5.41) is 3.79. The van der Waals surface area contributed by atoms with Crippen LogP contribution in [0, 0.1) is 0 Å². The summed E-state index contributed by atoms with van der Waals surface area (Å²) in [4.78, 5) is 32.4. The molecule has 1 aromatic carbocycles. The molecule has 0 atom stereocenters. The molecular weight excluding hydrogens is 336 g/mol. The van der Waals surface area contributed by atoms with Gasteiger partial charge in [-0.2, -0.15) is 4.98 Å². The Morgan fingerprint density at radius 3 is 2.92 bits per heavy atom. The number of carbonyl (C=O) groups is 2. The molecule has 1 aromatic heterocycles. The first-order valence-electron chi connectivity index (χ1n) is 8.57. The second-order valence-electron chi connectivity index (χ2n) is 6.08. The second kappa shape index (κ2) is 8.09. The van der Waals surface area contributed by atoms with Gasteiger partial charge in [-0.3, -0.25) is 9.59 Å². The Bertz CT molecular complexity index is 789. The van der Waals surface area contributed by atoms with E-state index in [0.717, 1.165) is 11.1 Å². The van der Waals surface area contributed by atoms with E-state index < -0.39 is 0 Å². The summed E-state index contributed by atoms with van der Waals surface area (Å²) >= 11 is 0. The zero-order valence-electron chi connectivity index (χ0n) is 15.0. The molecule has 8 nitrogen and oxygen atoms in total. The van der Waals surface area contributed by atoms with Gasteiger partial charge in [-0.15, -0.1) is 0 Å². The summed E-state index contributed by atoms with van der Waals surface area (Å²) in [5.41, 5.74) is 1.73. The van der Waals surface area contributed by atoms with Gasteiger partial charge in [-0.1, -0.05) is 23.4 Å². The third-order valence-electron chi connectivity index (χ3n) is 4.34. The van der Waals surface area contributed by atoms with Gasteiger partial charge in [0.2, 0.25) is 11.8 Å². The van der Waals surface area contributed by atoms with Crippen molar-refractivity contribution >= 4 is 11.8 Å². The van der Waals surface area contributed by atoms with Crippen molar-refractivity contribution in [1.29, 1.82) is 0 Å². The third kappa shape index (κ3) is 3.91. The zero-order valence-corrected chi connectivity index (χ0v) is 15.0. The SMILES string of the molecule is CCN(Cc1nc(COC)no1)C(=O)CCN1Cc2ccccc2C1=O. The lowest BCUT2D eigenvalue weighted by Gasteiger charge is -2.21. The predicted octanol–water partition coefficient (Wildman–Crippen LogP) is 1.61. The molecule has 0 bridgehead atoms. The molecule has 0 unspecified atom stereocenters. The fraction of sp³-hybridized carbons (Fsp3) is 0.444. The van der Waals surface area contributed by atoms with Crippen molar-refractivity contribution in [3.63, 3.8) is 0 Å². The van der Waals surface area contributed by atoms with E-state index >= 15 is 0 Å². The number of aromatic nitrogens is 2. The zero-order chi connectivity index (χ0) is 18.5. The predicted molar refractivity (Wildman–Crippen MR) is 91.9 cm³/mol. The Labute approximate surface area is 151 Å². The van der Waals surface area contributed by atoms with Gasteiger partial charge >= 0.3 is 0 Å². The summed E-state index contributed by atoms with van der Waals surface area (Å²) in [7, 11) is 1.55. The number of methoxy groups -OCH3 is 1. The summed E-state index contributed by atoms with van der Waals surface area (Å²) in [5.74, 6) is 0.753. The standard InChI is InChI=1S/C18H22N4O4/c1-3-21(11-16-19-15(12-25-2)20-26-16)17(23)8-9-22-10-13-6-4-5-7-14(13)18(22)24/h4-7H,3,8-12H2,1-2H3. The molecule has 2 aromatic rings. The molecule has 0 N–H and O–H groups in total. The van der Waals surface area contributed by atoms with Crippen LogP contribution in [0.2, 0.25) is 0 Å². The smallest absolute Gasteiger partial charge is 0.254 e. The average Bonchev–Trinajstić information content (AvgIpc) is 3.22. The first-order valence-corrected chi connectivity index (χ1v) is 8.57. The van der Waals surface area contributed by atoms with Crippen molar-refractivity contribution in [3.05, 3.63) is 47.1 Å². The van der Waals surface area contributed by atoms with E-state index in [2.05, 4.69) is 10.1 Å². The first kappa shape index (κ1) is 18.1. The van der Waals surface area contributed by atoms with E-state index in [1.54, 1.807) is 16.9 Å². The van der Waals surface area contributed by atoms with Crippen LogP contribution in [0.4, 0.5) is 0 Å². The van der Waals surface area contributed by atoms with Crippen LogP contribution in [0.5, 0.6) is 0 Å². The number of carbonyl (C=O) groups excluding carboxylic acids is 2. The van der Waals surface area contributed by atoms with Crippen molar-refractivity contribution in [2.24, 2.45) is 0 Å². The van der Waals surface area contributed by atoms with E-state index in [1.165, 1.54) is 0 Å². The first-order chi connectivity index (χ1) is 12.6. The van der Waals surface area contributed by atoms with Crippen LogP contribution >= 0.6 is 0 Å². The molecule has 0 fully saturated rings. The Morgan fingerprint density at radius 2 is 2.19 bits per heavy atom. The highest BCUT2D eigenvalue weighted by molar-refractivity contribution is 5.98. The molecule has 0 saturated carbocycles. The Balaban J connectivity index is 1.54. The molecule has 2 heterocycles. The molecular formula is C18H22N4O4. The molecule has 138 valence electrons. The molecule has 26 heavy (non-hydrogen) atoms. The maximum atomic E-state index is 12.5. The third-order valence-corrected chi connectivity index (χ3v) is 4.34. The van der Waals surface area contributed by atoms with Gasteiger partial charge in [-0.25, -0.2) is 0 Å². The minimum atomic E-state index is -0.0530. The Hall–Kier alpha value is -2.74. The van der Waals surface area contributed by atoms with Crippen molar-refractivity contribution in [3.8, 4) is 0 Å². The topological polar surface area (TPSA) is 88.8 Å². The van der Waals surface area contributed by atoms with Gasteiger partial charge in [-0.05, 0) is 18.6 Å². The molecule has 0 radical (unpaired) electrons. The summed E-state index contributed by atoms with van der Waals surface area (Å²) < 4.78 is 10.1. The van der Waals surface area contributed by atoms with Gasteiger partial charge in [0.15, 0.2) is 5.82 Å². The minimum absolute atomic E-state index is 0.0162. The van der Waals surface area contributed by atoms with E-state index in [1.807, 2.05) is 31.2 Å². The van der Waals surface area contributed by atoms with Gasteiger partial charge in [0.25, 0.3) is 5.91 Å². The van der Waals surface area contributed by atoms with E-state index in [-0.39, 0.29) is 31.4 Å². The second-order valence-corrected chi connectivity index (χ2v) is 6.08. The Kier molecular flexibility index (Phi) is 5.62. The highest BCUT2D eigenvalue weighted by Gasteiger charge is 2.27. The van der Waals surface area contributed by atoms with Gasteiger partial charge in [0, 0.05) is 38.7 Å². The van der Waals surface area contributed by atoms with Crippen LogP contribution in [0.15, 0.2) is 28.8 Å². The van der Waals surface area contributed by atoms with Crippen LogP contribution < -0.4 is 0 Å². The summed E-state index contributed by atoms with van der Waals surface area (Å²) in [6.07, 6.45) is 0.257. The van der Waals surface area contributed by atoms with Crippen molar-refractivity contribution in [2.45, 2.75) is 33.0 Å². The van der Waals surface area contributed by atoms with Crippen molar-refractivity contribution < 1.29 is 18.8 Å². The molecule has 1 aliphatic heterocycles. The summed E-state index contributed by atoms with van der Waals surface area (Å²) in [6, 6.07) is 7.54. The lowest BCUT2D eigenvalue weighted by molar-refractivity contribution is -0.132.